The Labute approximate surface area is 124 Å². The molecule has 0 bridgehead atoms. The van der Waals surface area contributed by atoms with Crippen LogP contribution in [0.3, 0.4) is 0 Å². The van der Waals surface area contributed by atoms with Gasteiger partial charge in [0.15, 0.2) is 0 Å². The van der Waals surface area contributed by atoms with E-state index in [0.29, 0.717) is 5.92 Å². The van der Waals surface area contributed by atoms with Gasteiger partial charge < -0.3 is 5.32 Å². The summed E-state index contributed by atoms with van der Waals surface area (Å²) in [6.45, 7) is 2.10. The van der Waals surface area contributed by atoms with E-state index >= 15 is 0 Å². The van der Waals surface area contributed by atoms with Gasteiger partial charge in [-0.2, -0.15) is 4.37 Å². The molecule has 2 unspecified atom stereocenters. The van der Waals surface area contributed by atoms with Gasteiger partial charge >= 0.3 is 0 Å². The van der Waals surface area contributed by atoms with E-state index in [4.69, 9.17) is 0 Å². The summed E-state index contributed by atoms with van der Waals surface area (Å²) >= 11 is 4.85. The Morgan fingerprint density at radius 2 is 2.11 bits per heavy atom. The van der Waals surface area contributed by atoms with Crippen LogP contribution in [0, 0.1) is 11.8 Å². The molecule has 1 heterocycles. The Hall–Kier alpha value is -1.20. The molecule has 0 radical (unpaired) electrons. The summed E-state index contributed by atoms with van der Waals surface area (Å²) in [7, 11) is 0. The SMILES string of the molecule is CC1CC1C(=O)Nc1snc(-c2ccccc2)c1Br. The maximum Gasteiger partial charge on any atom is 0.228 e. The molecular formula is C14H13BrN2OS. The third-order valence-electron chi connectivity index (χ3n) is 3.37. The van der Waals surface area contributed by atoms with Crippen molar-refractivity contribution in [3.63, 3.8) is 0 Å². The van der Waals surface area contributed by atoms with Crippen molar-refractivity contribution in [3.05, 3.63) is 34.8 Å². The van der Waals surface area contributed by atoms with Crippen LogP contribution in [0.25, 0.3) is 11.3 Å². The lowest BCUT2D eigenvalue weighted by molar-refractivity contribution is -0.117. The summed E-state index contributed by atoms with van der Waals surface area (Å²) in [5.74, 6) is 0.797. The zero-order chi connectivity index (χ0) is 13.4. The standard InChI is InChI=1S/C14H13BrN2OS/c1-8-7-10(8)13(18)16-14-11(15)12(17-19-14)9-5-3-2-4-6-9/h2-6,8,10H,7H2,1H3,(H,16,18). The van der Waals surface area contributed by atoms with Crippen molar-refractivity contribution in [2.24, 2.45) is 11.8 Å². The van der Waals surface area contributed by atoms with E-state index in [2.05, 4.69) is 32.5 Å². The molecule has 1 fully saturated rings. The van der Waals surface area contributed by atoms with Gasteiger partial charge in [0.1, 0.15) is 10.7 Å². The summed E-state index contributed by atoms with van der Waals surface area (Å²) in [5, 5.41) is 3.76. The molecule has 0 spiro atoms. The first-order valence-electron chi connectivity index (χ1n) is 6.18. The first-order chi connectivity index (χ1) is 9.16. The largest absolute Gasteiger partial charge is 0.315 e. The van der Waals surface area contributed by atoms with E-state index < -0.39 is 0 Å². The molecule has 1 amide bonds. The lowest BCUT2D eigenvalue weighted by atomic mass is 10.1. The fourth-order valence-corrected chi connectivity index (χ4v) is 3.48. The van der Waals surface area contributed by atoms with Gasteiger partial charge in [0, 0.05) is 11.5 Å². The molecule has 1 saturated carbocycles. The number of carbonyl (C=O) groups excluding carboxylic acids is 1. The smallest absolute Gasteiger partial charge is 0.228 e. The number of hydrogen-bond acceptors (Lipinski definition) is 3. The minimum atomic E-state index is 0.108. The molecule has 1 aromatic heterocycles. The third kappa shape index (κ3) is 2.58. The normalized spacial score (nSPS) is 21.2. The van der Waals surface area contributed by atoms with Crippen molar-refractivity contribution in [3.8, 4) is 11.3 Å². The molecular weight excluding hydrogens is 324 g/mol. The molecule has 0 aliphatic heterocycles. The quantitative estimate of drug-likeness (QED) is 0.913. The zero-order valence-corrected chi connectivity index (χ0v) is 12.8. The first kappa shape index (κ1) is 12.8. The van der Waals surface area contributed by atoms with Crippen molar-refractivity contribution >= 4 is 38.4 Å². The zero-order valence-electron chi connectivity index (χ0n) is 10.4. The highest BCUT2D eigenvalue weighted by molar-refractivity contribution is 9.10. The first-order valence-corrected chi connectivity index (χ1v) is 7.75. The molecule has 98 valence electrons. The Morgan fingerprint density at radius 3 is 2.74 bits per heavy atom. The summed E-state index contributed by atoms with van der Waals surface area (Å²) in [6.07, 6.45) is 0.994. The van der Waals surface area contributed by atoms with E-state index in [9.17, 15) is 4.79 Å². The van der Waals surface area contributed by atoms with Gasteiger partial charge in [0.2, 0.25) is 5.91 Å². The minimum Gasteiger partial charge on any atom is -0.315 e. The van der Waals surface area contributed by atoms with E-state index in [1.165, 1.54) is 11.5 Å². The predicted molar refractivity (Wildman–Crippen MR) is 81.2 cm³/mol. The Morgan fingerprint density at radius 1 is 1.42 bits per heavy atom. The second-order valence-corrected chi connectivity index (χ2v) is 6.42. The highest BCUT2D eigenvalue weighted by Gasteiger charge is 2.39. The molecule has 3 nitrogen and oxygen atoms in total. The van der Waals surface area contributed by atoms with Gasteiger partial charge in [-0.05, 0) is 39.8 Å². The van der Waals surface area contributed by atoms with E-state index in [0.717, 1.165) is 27.2 Å². The number of rotatable bonds is 3. The van der Waals surface area contributed by atoms with Gasteiger partial charge in [-0.3, -0.25) is 4.79 Å². The molecule has 19 heavy (non-hydrogen) atoms. The van der Waals surface area contributed by atoms with Crippen molar-refractivity contribution < 1.29 is 4.79 Å². The van der Waals surface area contributed by atoms with Crippen LogP contribution in [0.15, 0.2) is 34.8 Å². The molecule has 1 N–H and O–H groups in total. The van der Waals surface area contributed by atoms with Gasteiger partial charge in [-0.25, -0.2) is 0 Å². The molecule has 2 atom stereocenters. The second-order valence-electron chi connectivity index (χ2n) is 4.85. The van der Waals surface area contributed by atoms with Crippen LogP contribution in [-0.2, 0) is 4.79 Å². The number of carbonyl (C=O) groups is 1. The second kappa shape index (κ2) is 5.06. The molecule has 3 rings (SSSR count). The van der Waals surface area contributed by atoms with Crippen LogP contribution in [0.4, 0.5) is 5.00 Å². The topological polar surface area (TPSA) is 42.0 Å². The Kier molecular flexibility index (Phi) is 3.41. The van der Waals surface area contributed by atoms with E-state index in [-0.39, 0.29) is 11.8 Å². The lowest BCUT2D eigenvalue weighted by Crippen LogP contribution is -2.13. The van der Waals surface area contributed by atoms with Crippen LogP contribution in [0.1, 0.15) is 13.3 Å². The van der Waals surface area contributed by atoms with Crippen LogP contribution in [-0.4, -0.2) is 10.3 Å². The van der Waals surface area contributed by atoms with E-state index in [1.807, 2.05) is 30.3 Å². The molecule has 2 aromatic rings. The van der Waals surface area contributed by atoms with E-state index in [1.54, 1.807) is 0 Å². The number of nitrogens with one attached hydrogen (secondary N) is 1. The van der Waals surface area contributed by atoms with Crippen molar-refractivity contribution in [1.29, 1.82) is 0 Å². The highest BCUT2D eigenvalue weighted by Crippen LogP contribution is 2.41. The summed E-state index contributed by atoms with van der Waals surface area (Å²) in [5.41, 5.74) is 1.93. The third-order valence-corrected chi connectivity index (χ3v) is 5.16. The van der Waals surface area contributed by atoms with Crippen molar-refractivity contribution in [1.82, 2.24) is 4.37 Å². The summed E-state index contributed by atoms with van der Waals surface area (Å²) in [6, 6.07) is 9.94. The van der Waals surface area contributed by atoms with Gasteiger partial charge in [0.25, 0.3) is 0 Å². The maximum atomic E-state index is 11.9. The number of anilines is 1. The van der Waals surface area contributed by atoms with Crippen molar-refractivity contribution in [2.45, 2.75) is 13.3 Å². The van der Waals surface area contributed by atoms with Crippen molar-refractivity contribution in [2.75, 3.05) is 5.32 Å². The average molecular weight is 337 g/mol. The Bertz CT molecular complexity index is 611. The fraction of sp³-hybridized carbons (Fsp3) is 0.286. The number of hydrogen-bond donors (Lipinski definition) is 1. The highest BCUT2D eigenvalue weighted by atomic mass is 79.9. The maximum absolute atomic E-state index is 11.9. The summed E-state index contributed by atoms with van der Waals surface area (Å²) in [4.78, 5) is 11.9. The molecule has 5 heteroatoms. The van der Waals surface area contributed by atoms with Crippen LogP contribution in [0.5, 0.6) is 0 Å². The Balaban J connectivity index is 1.81. The fourth-order valence-electron chi connectivity index (χ4n) is 2.02. The molecule has 1 aliphatic carbocycles. The number of nitrogens with zero attached hydrogens (tertiary/aromatic N) is 1. The molecule has 0 saturated heterocycles. The van der Waals surface area contributed by atoms with Gasteiger partial charge in [0.05, 0.1) is 4.47 Å². The molecule has 1 aromatic carbocycles. The number of halogens is 1. The molecule has 1 aliphatic rings. The van der Waals surface area contributed by atoms with Crippen LogP contribution < -0.4 is 5.32 Å². The minimum absolute atomic E-state index is 0.108. The number of aromatic nitrogens is 1. The number of benzene rings is 1. The predicted octanol–water partition coefficient (Wildman–Crippen LogP) is 4.17. The van der Waals surface area contributed by atoms with Crippen LogP contribution >= 0.6 is 27.5 Å². The van der Waals surface area contributed by atoms with Gasteiger partial charge in [-0.1, -0.05) is 37.3 Å². The number of amides is 1. The van der Waals surface area contributed by atoms with Gasteiger partial charge in [-0.15, -0.1) is 0 Å². The monoisotopic (exact) mass is 336 g/mol. The van der Waals surface area contributed by atoms with Crippen LogP contribution in [0.2, 0.25) is 0 Å². The summed E-state index contributed by atoms with van der Waals surface area (Å²) < 4.78 is 5.28. The average Bonchev–Trinajstić information content (AvgIpc) is 3.05. The lowest BCUT2D eigenvalue weighted by Gasteiger charge is -2.02.